The Morgan fingerprint density at radius 1 is 1.00 bits per heavy atom. The van der Waals surface area contributed by atoms with Crippen LogP contribution in [0.5, 0.6) is 5.75 Å². The molecule has 1 aromatic carbocycles. The summed E-state index contributed by atoms with van der Waals surface area (Å²) < 4.78 is 5.46. The second-order valence-corrected chi connectivity index (χ2v) is 4.76. The van der Waals surface area contributed by atoms with E-state index in [2.05, 4.69) is 37.8 Å². The summed E-state index contributed by atoms with van der Waals surface area (Å²) in [5.41, 5.74) is 1.41. The Hall–Kier alpha value is -1.24. The van der Waals surface area contributed by atoms with Crippen LogP contribution in [-0.4, -0.2) is 6.61 Å². The Labute approximate surface area is 112 Å². The molecule has 0 aliphatic carbocycles. The van der Waals surface area contributed by atoms with Gasteiger partial charge in [0.05, 0.1) is 0 Å². The molecule has 1 nitrogen and oxygen atoms in total. The highest BCUT2D eigenvalue weighted by Crippen LogP contribution is 2.15. The maximum Gasteiger partial charge on any atom is 0.119 e. The van der Waals surface area contributed by atoms with E-state index in [0.29, 0.717) is 6.61 Å². The molecular formula is C17H26O. The van der Waals surface area contributed by atoms with Crippen molar-refractivity contribution in [1.29, 1.82) is 0 Å². The van der Waals surface area contributed by atoms with Crippen molar-refractivity contribution in [3.8, 4) is 5.75 Å². The van der Waals surface area contributed by atoms with E-state index < -0.39 is 0 Å². The van der Waals surface area contributed by atoms with Crippen LogP contribution in [-0.2, 0) is 6.42 Å². The Bertz CT molecular complexity index is 313. The zero-order valence-corrected chi connectivity index (χ0v) is 11.7. The van der Waals surface area contributed by atoms with Crippen molar-refractivity contribution in [1.82, 2.24) is 0 Å². The molecule has 0 spiro atoms. The first-order valence-electron chi connectivity index (χ1n) is 7.19. The van der Waals surface area contributed by atoms with Gasteiger partial charge in [0.15, 0.2) is 0 Å². The normalized spacial score (nSPS) is 10.3. The smallest absolute Gasteiger partial charge is 0.119 e. The summed E-state index contributed by atoms with van der Waals surface area (Å²) in [7, 11) is 0. The summed E-state index contributed by atoms with van der Waals surface area (Å²) >= 11 is 0. The van der Waals surface area contributed by atoms with E-state index in [-0.39, 0.29) is 0 Å². The molecule has 0 atom stereocenters. The monoisotopic (exact) mass is 246 g/mol. The molecule has 0 aliphatic rings. The summed E-state index contributed by atoms with van der Waals surface area (Å²) in [6, 6.07) is 8.45. The van der Waals surface area contributed by atoms with Crippen LogP contribution in [0.4, 0.5) is 0 Å². The molecule has 1 rings (SSSR count). The third-order valence-corrected chi connectivity index (χ3v) is 3.11. The fourth-order valence-corrected chi connectivity index (χ4v) is 2.02. The topological polar surface area (TPSA) is 9.23 Å². The van der Waals surface area contributed by atoms with Gasteiger partial charge in [0.2, 0.25) is 0 Å². The number of ether oxygens (including phenoxy) is 1. The third-order valence-electron chi connectivity index (χ3n) is 3.11. The molecule has 1 aromatic rings. The van der Waals surface area contributed by atoms with E-state index in [4.69, 9.17) is 4.74 Å². The van der Waals surface area contributed by atoms with E-state index in [1.54, 1.807) is 6.08 Å². The van der Waals surface area contributed by atoms with E-state index in [1.807, 2.05) is 0 Å². The van der Waals surface area contributed by atoms with E-state index in [1.165, 1.54) is 50.5 Å². The fourth-order valence-electron chi connectivity index (χ4n) is 2.02. The van der Waals surface area contributed by atoms with Crippen molar-refractivity contribution in [2.24, 2.45) is 0 Å². The maximum atomic E-state index is 5.46. The first-order chi connectivity index (χ1) is 8.86. The first-order valence-corrected chi connectivity index (χ1v) is 7.19. The molecule has 0 saturated heterocycles. The van der Waals surface area contributed by atoms with Gasteiger partial charge in [0, 0.05) is 0 Å². The molecular weight excluding hydrogens is 220 g/mol. The van der Waals surface area contributed by atoms with Crippen LogP contribution >= 0.6 is 0 Å². The lowest BCUT2D eigenvalue weighted by Crippen LogP contribution is -1.93. The van der Waals surface area contributed by atoms with Crippen LogP contribution in [0.15, 0.2) is 36.9 Å². The lowest BCUT2D eigenvalue weighted by molar-refractivity contribution is 0.363. The SMILES string of the molecule is C=CCOc1ccc(CCCCCCCC)cc1. The molecule has 0 radical (unpaired) electrons. The molecule has 0 amide bonds. The van der Waals surface area contributed by atoms with Gasteiger partial charge in [0.1, 0.15) is 12.4 Å². The summed E-state index contributed by atoms with van der Waals surface area (Å²) in [5.74, 6) is 0.932. The van der Waals surface area contributed by atoms with E-state index in [9.17, 15) is 0 Å². The van der Waals surface area contributed by atoms with E-state index in [0.717, 1.165) is 5.75 Å². The Balaban J connectivity index is 2.16. The van der Waals surface area contributed by atoms with Crippen molar-refractivity contribution in [2.45, 2.75) is 51.9 Å². The molecule has 18 heavy (non-hydrogen) atoms. The second-order valence-electron chi connectivity index (χ2n) is 4.76. The minimum Gasteiger partial charge on any atom is -0.490 e. The predicted molar refractivity (Wildman–Crippen MR) is 79.2 cm³/mol. The molecule has 0 aromatic heterocycles. The molecule has 0 aliphatic heterocycles. The lowest BCUT2D eigenvalue weighted by atomic mass is 10.0. The molecule has 1 heteroatoms. The fraction of sp³-hybridized carbons (Fsp3) is 0.529. The first kappa shape index (κ1) is 14.8. The number of hydrogen-bond donors (Lipinski definition) is 0. The van der Waals surface area contributed by atoms with Crippen molar-refractivity contribution in [3.05, 3.63) is 42.5 Å². The van der Waals surface area contributed by atoms with Gasteiger partial charge >= 0.3 is 0 Å². The van der Waals surface area contributed by atoms with Gasteiger partial charge in [-0.3, -0.25) is 0 Å². The minimum atomic E-state index is 0.580. The molecule has 100 valence electrons. The van der Waals surface area contributed by atoms with Crippen molar-refractivity contribution in [3.63, 3.8) is 0 Å². The molecule has 0 N–H and O–H groups in total. The summed E-state index contributed by atoms with van der Waals surface area (Å²) in [4.78, 5) is 0. The number of rotatable bonds is 10. The van der Waals surface area contributed by atoms with Gasteiger partial charge < -0.3 is 4.74 Å². The number of unbranched alkanes of at least 4 members (excludes halogenated alkanes) is 5. The van der Waals surface area contributed by atoms with Crippen molar-refractivity contribution >= 4 is 0 Å². The van der Waals surface area contributed by atoms with Gasteiger partial charge in [-0.2, -0.15) is 0 Å². The van der Waals surface area contributed by atoms with Crippen LogP contribution in [0.25, 0.3) is 0 Å². The Morgan fingerprint density at radius 3 is 2.33 bits per heavy atom. The van der Waals surface area contributed by atoms with Crippen molar-refractivity contribution in [2.75, 3.05) is 6.61 Å². The highest BCUT2D eigenvalue weighted by Gasteiger charge is 1.96. The van der Waals surface area contributed by atoms with Crippen LogP contribution < -0.4 is 4.74 Å². The van der Waals surface area contributed by atoms with Crippen LogP contribution in [0.3, 0.4) is 0 Å². The molecule has 0 bridgehead atoms. The standard InChI is InChI=1S/C17H26O/c1-3-5-6-7-8-9-10-16-11-13-17(14-12-16)18-15-4-2/h4,11-14H,2-3,5-10,15H2,1H3. The largest absolute Gasteiger partial charge is 0.490 e. The molecule has 0 fully saturated rings. The predicted octanol–water partition coefficient (Wildman–Crippen LogP) is 5.15. The average molecular weight is 246 g/mol. The molecule has 0 heterocycles. The highest BCUT2D eigenvalue weighted by atomic mass is 16.5. The van der Waals surface area contributed by atoms with Crippen LogP contribution in [0.2, 0.25) is 0 Å². The quantitative estimate of drug-likeness (QED) is 0.409. The number of aryl methyl sites for hydroxylation is 1. The van der Waals surface area contributed by atoms with Gasteiger partial charge in [-0.15, -0.1) is 0 Å². The van der Waals surface area contributed by atoms with Gasteiger partial charge in [-0.25, -0.2) is 0 Å². The molecule has 0 unspecified atom stereocenters. The summed E-state index contributed by atoms with van der Waals surface area (Å²) in [5, 5.41) is 0. The zero-order chi connectivity index (χ0) is 13.1. The number of hydrogen-bond acceptors (Lipinski definition) is 1. The summed E-state index contributed by atoms with van der Waals surface area (Å²) in [6.07, 6.45) is 11.1. The molecule has 0 saturated carbocycles. The third kappa shape index (κ3) is 6.48. The average Bonchev–Trinajstić information content (AvgIpc) is 2.42. The van der Waals surface area contributed by atoms with E-state index >= 15 is 0 Å². The summed E-state index contributed by atoms with van der Waals surface area (Å²) in [6.45, 7) is 6.48. The Kier molecular flexibility index (Phi) is 8.03. The number of benzene rings is 1. The van der Waals surface area contributed by atoms with Gasteiger partial charge in [-0.1, -0.05) is 63.8 Å². The second kappa shape index (κ2) is 9.76. The van der Waals surface area contributed by atoms with Gasteiger partial charge in [-0.05, 0) is 30.5 Å². The maximum absolute atomic E-state index is 5.46. The minimum absolute atomic E-state index is 0.580. The van der Waals surface area contributed by atoms with Crippen LogP contribution in [0, 0.1) is 0 Å². The van der Waals surface area contributed by atoms with Gasteiger partial charge in [0.25, 0.3) is 0 Å². The van der Waals surface area contributed by atoms with Crippen molar-refractivity contribution < 1.29 is 4.74 Å². The van der Waals surface area contributed by atoms with Crippen LogP contribution in [0.1, 0.15) is 51.0 Å². The Morgan fingerprint density at radius 2 is 1.67 bits per heavy atom. The zero-order valence-electron chi connectivity index (χ0n) is 11.7. The lowest BCUT2D eigenvalue weighted by Gasteiger charge is -2.05. The highest BCUT2D eigenvalue weighted by molar-refractivity contribution is 5.27.